The molecule has 0 spiro atoms. The van der Waals surface area contributed by atoms with E-state index in [1.165, 1.54) is 12.1 Å². The van der Waals surface area contributed by atoms with Crippen molar-refractivity contribution in [2.75, 3.05) is 5.32 Å². The molecule has 0 aliphatic rings. The van der Waals surface area contributed by atoms with Gasteiger partial charge in [-0.15, -0.1) is 0 Å². The Bertz CT molecular complexity index is 785. The predicted molar refractivity (Wildman–Crippen MR) is 85.5 cm³/mol. The van der Waals surface area contributed by atoms with Crippen molar-refractivity contribution in [1.82, 2.24) is 4.98 Å². The van der Waals surface area contributed by atoms with Gasteiger partial charge in [0.1, 0.15) is 5.82 Å². The van der Waals surface area contributed by atoms with Crippen LogP contribution in [-0.2, 0) is 6.54 Å². The second-order valence-corrected chi connectivity index (χ2v) is 5.47. The summed E-state index contributed by atoms with van der Waals surface area (Å²) in [5.41, 5.74) is 2.40. The van der Waals surface area contributed by atoms with E-state index in [1.54, 1.807) is 18.3 Å². The van der Waals surface area contributed by atoms with E-state index in [0.717, 1.165) is 22.2 Å². The lowest BCUT2D eigenvalue weighted by Crippen LogP contribution is -2.01. The molecule has 1 aromatic heterocycles. The first-order valence-electron chi connectivity index (χ1n) is 6.35. The molecule has 3 aromatic rings. The summed E-state index contributed by atoms with van der Waals surface area (Å²) in [7, 11) is 0. The van der Waals surface area contributed by atoms with E-state index in [9.17, 15) is 4.39 Å². The number of nitrogens with zero attached hydrogens (tertiary/aromatic N) is 1. The molecule has 106 valence electrons. The first kappa shape index (κ1) is 14.1. The van der Waals surface area contributed by atoms with E-state index < -0.39 is 0 Å². The molecule has 3 rings (SSSR count). The minimum Gasteiger partial charge on any atom is -0.380 e. The second kappa shape index (κ2) is 5.88. The fraction of sp³-hybridized carbons (Fsp3) is 0.0625. The highest BCUT2D eigenvalue weighted by atomic mass is 35.5. The molecule has 0 amide bonds. The number of nitrogens with one attached hydrogen (secondary N) is 1. The van der Waals surface area contributed by atoms with Gasteiger partial charge in [-0.1, -0.05) is 23.2 Å². The van der Waals surface area contributed by atoms with E-state index >= 15 is 0 Å². The van der Waals surface area contributed by atoms with Crippen molar-refractivity contribution >= 4 is 39.8 Å². The maximum Gasteiger partial charge on any atom is 0.125 e. The minimum absolute atomic E-state index is 0.345. The molecule has 2 nitrogen and oxygen atoms in total. The van der Waals surface area contributed by atoms with Gasteiger partial charge in [0.25, 0.3) is 0 Å². The van der Waals surface area contributed by atoms with Crippen LogP contribution in [0.5, 0.6) is 0 Å². The van der Waals surface area contributed by atoms with Crippen LogP contribution in [0.25, 0.3) is 10.9 Å². The third-order valence-electron chi connectivity index (χ3n) is 3.13. The lowest BCUT2D eigenvalue weighted by molar-refractivity contribution is 0.626. The highest BCUT2D eigenvalue weighted by molar-refractivity contribution is 6.35. The van der Waals surface area contributed by atoms with Crippen LogP contribution in [0.1, 0.15) is 5.56 Å². The van der Waals surface area contributed by atoms with Crippen molar-refractivity contribution in [2.24, 2.45) is 0 Å². The highest BCUT2D eigenvalue weighted by Crippen LogP contribution is 2.28. The Hall–Kier alpha value is -1.84. The molecule has 2 aromatic carbocycles. The number of halogens is 3. The predicted octanol–water partition coefficient (Wildman–Crippen LogP) is 5.29. The summed E-state index contributed by atoms with van der Waals surface area (Å²) in [6, 6.07) is 11.9. The summed E-state index contributed by atoms with van der Waals surface area (Å²) in [5, 5.41) is 5.17. The maximum atomic E-state index is 13.3. The van der Waals surface area contributed by atoms with Gasteiger partial charge in [0.15, 0.2) is 0 Å². The number of hydrogen-bond donors (Lipinski definition) is 1. The van der Waals surface area contributed by atoms with Crippen molar-refractivity contribution < 1.29 is 4.39 Å². The summed E-state index contributed by atoms with van der Waals surface area (Å²) < 4.78 is 13.3. The number of aromatic nitrogens is 1. The molecular formula is C16H11Cl2FN2. The first-order valence-corrected chi connectivity index (χ1v) is 7.11. The molecule has 0 fully saturated rings. The Morgan fingerprint density at radius 2 is 1.95 bits per heavy atom. The molecule has 0 bridgehead atoms. The molecule has 0 aliphatic carbocycles. The normalized spacial score (nSPS) is 10.8. The minimum atomic E-state index is -0.345. The largest absolute Gasteiger partial charge is 0.380 e. The maximum absolute atomic E-state index is 13.3. The van der Waals surface area contributed by atoms with Crippen molar-refractivity contribution in [3.05, 3.63) is 70.1 Å². The van der Waals surface area contributed by atoms with Gasteiger partial charge < -0.3 is 5.32 Å². The molecule has 0 radical (unpaired) electrons. The van der Waals surface area contributed by atoms with Gasteiger partial charge in [-0.05, 0) is 48.0 Å². The Kier molecular flexibility index (Phi) is 3.95. The van der Waals surface area contributed by atoms with Crippen molar-refractivity contribution in [1.29, 1.82) is 0 Å². The molecule has 21 heavy (non-hydrogen) atoms. The van der Waals surface area contributed by atoms with Crippen LogP contribution >= 0.6 is 23.2 Å². The van der Waals surface area contributed by atoms with Crippen molar-refractivity contribution in [3.63, 3.8) is 0 Å². The van der Waals surface area contributed by atoms with Crippen molar-refractivity contribution in [2.45, 2.75) is 6.54 Å². The number of rotatable bonds is 3. The lowest BCUT2D eigenvalue weighted by atomic mass is 10.1. The van der Waals surface area contributed by atoms with Gasteiger partial charge in [0, 0.05) is 28.8 Å². The molecule has 0 aliphatic heterocycles. The average molecular weight is 321 g/mol. The molecule has 0 atom stereocenters. The van der Waals surface area contributed by atoms with E-state index in [4.69, 9.17) is 23.2 Å². The van der Waals surface area contributed by atoms with Gasteiger partial charge in [0.2, 0.25) is 0 Å². The van der Waals surface area contributed by atoms with Gasteiger partial charge >= 0.3 is 0 Å². The summed E-state index contributed by atoms with van der Waals surface area (Å²) in [5.74, 6) is -0.345. The van der Waals surface area contributed by atoms with Crippen LogP contribution < -0.4 is 5.32 Å². The SMILES string of the molecule is Fc1cc(Cl)cc(CNc2ccc(Cl)c3ncccc23)c1. The van der Waals surface area contributed by atoms with Crippen LogP contribution in [0.2, 0.25) is 10.0 Å². The lowest BCUT2D eigenvalue weighted by Gasteiger charge is -2.11. The molecule has 0 saturated heterocycles. The van der Waals surface area contributed by atoms with Crippen LogP contribution in [0.15, 0.2) is 48.7 Å². The van der Waals surface area contributed by atoms with Gasteiger partial charge in [0.05, 0.1) is 10.5 Å². The number of anilines is 1. The third-order valence-corrected chi connectivity index (χ3v) is 3.65. The monoisotopic (exact) mass is 320 g/mol. The van der Waals surface area contributed by atoms with Crippen LogP contribution in [0.4, 0.5) is 10.1 Å². The van der Waals surface area contributed by atoms with E-state index in [-0.39, 0.29) is 5.82 Å². The van der Waals surface area contributed by atoms with E-state index in [2.05, 4.69) is 10.3 Å². The Morgan fingerprint density at radius 3 is 2.76 bits per heavy atom. The topological polar surface area (TPSA) is 24.9 Å². The van der Waals surface area contributed by atoms with E-state index in [0.29, 0.717) is 16.6 Å². The number of hydrogen-bond acceptors (Lipinski definition) is 2. The smallest absolute Gasteiger partial charge is 0.125 e. The number of fused-ring (bicyclic) bond motifs is 1. The van der Waals surface area contributed by atoms with E-state index in [1.807, 2.05) is 18.2 Å². The van der Waals surface area contributed by atoms with Crippen LogP contribution in [0, 0.1) is 5.82 Å². The van der Waals surface area contributed by atoms with Gasteiger partial charge in [-0.2, -0.15) is 0 Å². The van der Waals surface area contributed by atoms with Crippen LogP contribution in [-0.4, -0.2) is 4.98 Å². The Morgan fingerprint density at radius 1 is 1.10 bits per heavy atom. The zero-order chi connectivity index (χ0) is 14.8. The molecule has 0 saturated carbocycles. The molecule has 0 unspecified atom stereocenters. The summed E-state index contributed by atoms with van der Waals surface area (Å²) in [6.07, 6.45) is 1.70. The fourth-order valence-corrected chi connectivity index (χ4v) is 2.66. The molecule has 1 heterocycles. The Balaban J connectivity index is 1.90. The van der Waals surface area contributed by atoms with Gasteiger partial charge in [-0.3, -0.25) is 4.98 Å². The standard InChI is InChI=1S/C16H11Cl2FN2/c17-11-6-10(7-12(19)8-11)9-21-15-4-3-14(18)16-13(15)2-1-5-20-16/h1-8,21H,9H2. The number of benzene rings is 2. The quantitative estimate of drug-likeness (QED) is 0.709. The van der Waals surface area contributed by atoms with Crippen LogP contribution in [0.3, 0.4) is 0 Å². The zero-order valence-corrected chi connectivity index (χ0v) is 12.4. The summed E-state index contributed by atoms with van der Waals surface area (Å²) in [4.78, 5) is 4.27. The molecular weight excluding hydrogens is 310 g/mol. The third kappa shape index (κ3) is 3.09. The zero-order valence-electron chi connectivity index (χ0n) is 10.9. The highest BCUT2D eigenvalue weighted by Gasteiger charge is 2.06. The average Bonchev–Trinajstić information content (AvgIpc) is 2.46. The second-order valence-electron chi connectivity index (χ2n) is 4.63. The fourth-order valence-electron chi connectivity index (χ4n) is 2.20. The molecule has 1 N–H and O–H groups in total. The van der Waals surface area contributed by atoms with Crippen molar-refractivity contribution in [3.8, 4) is 0 Å². The summed E-state index contributed by atoms with van der Waals surface area (Å²) >= 11 is 12.0. The Labute approximate surface area is 131 Å². The molecule has 5 heteroatoms. The first-order chi connectivity index (χ1) is 10.1. The van der Waals surface area contributed by atoms with Gasteiger partial charge in [-0.25, -0.2) is 4.39 Å². The summed E-state index contributed by atoms with van der Waals surface area (Å²) in [6.45, 7) is 0.461. The number of pyridine rings is 1.